The van der Waals surface area contributed by atoms with Gasteiger partial charge in [0.2, 0.25) is 5.91 Å². The molecule has 2 heterocycles. The first-order chi connectivity index (χ1) is 12.0. The summed E-state index contributed by atoms with van der Waals surface area (Å²) in [5, 5.41) is 2.88. The average molecular weight is 346 g/mol. The van der Waals surface area contributed by atoms with Gasteiger partial charge in [0.1, 0.15) is 11.3 Å². The van der Waals surface area contributed by atoms with Crippen LogP contribution in [0, 0.1) is 0 Å². The van der Waals surface area contributed by atoms with Gasteiger partial charge in [-0.3, -0.25) is 9.59 Å². The lowest BCUT2D eigenvalue weighted by molar-refractivity contribution is -0.133. The van der Waals surface area contributed by atoms with E-state index in [4.69, 9.17) is 9.47 Å². The lowest BCUT2D eigenvalue weighted by Gasteiger charge is -2.40. The quantitative estimate of drug-likeness (QED) is 0.836. The molecular weight excluding hydrogens is 324 g/mol. The van der Waals surface area contributed by atoms with Crippen LogP contribution in [0.3, 0.4) is 0 Å². The predicted octanol–water partition coefficient (Wildman–Crippen LogP) is 1.37. The molecule has 0 saturated carbocycles. The van der Waals surface area contributed by atoms with E-state index in [1.807, 2.05) is 0 Å². The molecule has 25 heavy (non-hydrogen) atoms. The van der Waals surface area contributed by atoms with Gasteiger partial charge in [-0.1, -0.05) is 0 Å². The molecule has 1 N–H and O–H groups in total. The molecule has 0 aliphatic carbocycles. The smallest absolute Gasteiger partial charge is 0.338 e. The molecule has 3 rings (SSSR count). The monoisotopic (exact) mass is 346 g/mol. The Hall–Kier alpha value is -2.57. The SMILES string of the molecule is COC(=O)c1cc(OC)cc(C(=O)N2CCCC23CCCNC3=O)c1. The van der Waals surface area contributed by atoms with Crippen LogP contribution in [0.2, 0.25) is 0 Å². The topological polar surface area (TPSA) is 84.9 Å². The predicted molar refractivity (Wildman–Crippen MR) is 89.6 cm³/mol. The van der Waals surface area contributed by atoms with Crippen molar-refractivity contribution in [1.82, 2.24) is 10.2 Å². The molecule has 1 aromatic rings. The number of benzene rings is 1. The van der Waals surface area contributed by atoms with E-state index < -0.39 is 11.5 Å². The minimum absolute atomic E-state index is 0.0827. The second-order valence-corrected chi connectivity index (χ2v) is 6.39. The highest BCUT2D eigenvalue weighted by Gasteiger charge is 2.50. The van der Waals surface area contributed by atoms with Gasteiger partial charge in [0.05, 0.1) is 19.8 Å². The number of methoxy groups -OCH3 is 2. The number of carbonyl (C=O) groups is 3. The molecule has 1 atom stereocenters. The molecule has 2 fully saturated rings. The van der Waals surface area contributed by atoms with Crippen LogP contribution in [-0.2, 0) is 9.53 Å². The number of nitrogens with one attached hydrogen (secondary N) is 1. The first kappa shape index (κ1) is 17.3. The molecule has 2 amide bonds. The summed E-state index contributed by atoms with van der Waals surface area (Å²) in [5.74, 6) is -0.494. The van der Waals surface area contributed by atoms with Crippen LogP contribution in [0.15, 0.2) is 18.2 Å². The summed E-state index contributed by atoms with van der Waals surface area (Å²) < 4.78 is 9.94. The Balaban J connectivity index is 1.97. The molecular formula is C18H22N2O5. The van der Waals surface area contributed by atoms with E-state index in [1.54, 1.807) is 11.0 Å². The van der Waals surface area contributed by atoms with Crippen molar-refractivity contribution in [3.63, 3.8) is 0 Å². The van der Waals surface area contributed by atoms with Crippen molar-refractivity contribution >= 4 is 17.8 Å². The van der Waals surface area contributed by atoms with E-state index in [2.05, 4.69) is 5.32 Å². The molecule has 1 aromatic carbocycles. The van der Waals surface area contributed by atoms with E-state index in [0.717, 1.165) is 12.8 Å². The minimum atomic E-state index is -0.774. The van der Waals surface area contributed by atoms with Crippen LogP contribution in [0.25, 0.3) is 0 Å². The number of nitrogens with zero attached hydrogens (tertiary/aromatic N) is 1. The van der Waals surface area contributed by atoms with E-state index >= 15 is 0 Å². The number of likely N-dealkylation sites (tertiary alicyclic amines) is 1. The first-order valence-corrected chi connectivity index (χ1v) is 8.39. The van der Waals surface area contributed by atoms with Crippen LogP contribution in [0.1, 0.15) is 46.4 Å². The van der Waals surface area contributed by atoms with Gasteiger partial charge in [-0.25, -0.2) is 4.79 Å². The minimum Gasteiger partial charge on any atom is -0.497 e. The summed E-state index contributed by atoms with van der Waals surface area (Å²) in [4.78, 5) is 39.1. The Morgan fingerprint density at radius 1 is 1.12 bits per heavy atom. The fourth-order valence-electron chi connectivity index (χ4n) is 3.76. The van der Waals surface area contributed by atoms with Crippen molar-refractivity contribution in [3.05, 3.63) is 29.3 Å². The van der Waals surface area contributed by atoms with Gasteiger partial charge in [0.25, 0.3) is 5.91 Å². The fraction of sp³-hybridized carbons (Fsp3) is 0.500. The zero-order chi connectivity index (χ0) is 18.0. The maximum absolute atomic E-state index is 13.1. The van der Waals surface area contributed by atoms with Crippen LogP contribution in [0.4, 0.5) is 0 Å². The number of amides is 2. The fourth-order valence-corrected chi connectivity index (χ4v) is 3.76. The number of ether oxygens (including phenoxy) is 2. The van der Waals surface area contributed by atoms with Gasteiger partial charge in [0, 0.05) is 18.7 Å². The Labute approximate surface area is 146 Å². The molecule has 2 aliphatic rings. The maximum atomic E-state index is 13.1. The van der Waals surface area contributed by atoms with Crippen molar-refractivity contribution in [3.8, 4) is 5.75 Å². The summed E-state index contributed by atoms with van der Waals surface area (Å²) >= 11 is 0. The summed E-state index contributed by atoms with van der Waals surface area (Å²) in [7, 11) is 2.75. The molecule has 2 aliphatic heterocycles. The Kier molecular flexibility index (Phi) is 4.65. The van der Waals surface area contributed by atoms with Gasteiger partial charge in [-0.2, -0.15) is 0 Å². The highest BCUT2D eigenvalue weighted by Crippen LogP contribution is 2.37. The summed E-state index contributed by atoms with van der Waals surface area (Å²) in [6.07, 6.45) is 2.96. The first-order valence-electron chi connectivity index (χ1n) is 8.39. The highest BCUT2D eigenvalue weighted by molar-refractivity contribution is 6.02. The summed E-state index contributed by atoms with van der Waals surface area (Å²) in [5.41, 5.74) is -0.213. The molecule has 2 saturated heterocycles. The van der Waals surface area contributed by atoms with E-state index in [9.17, 15) is 14.4 Å². The molecule has 1 unspecified atom stereocenters. The van der Waals surface area contributed by atoms with Crippen molar-refractivity contribution in [2.75, 3.05) is 27.3 Å². The number of hydrogen-bond acceptors (Lipinski definition) is 5. The van der Waals surface area contributed by atoms with Crippen LogP contribution in [0.5, 0.6) is 5.75 Å². The molecule has 7 heteroatoms. The third kappa shape index (κ3) is 2.94. The van der Waals surface area contributed by atoms with E-state index in [-0.39, 0.29) is 17.4 Å². The van der Waals surface area contributed by atoms with Gasteiger partial charge in [-0.15, -0.1) is 0 Å². The lowest BCUT2D eigenvalue weighted by Crippen LogP contribution is -2.60. The molecule has 7 nitrogen and oxygen atoms in total. The lowest BCUT2D eigenvalue weighted by atomic mass is 9.86. The zero-order valence-electron chi connectivity index (χ0n) is 14.5. The van der Waals surface area contributed by atoms with Gasteiger partial charge >= 0.3 is 5.97 Å². The van der Waals surface area contributed by atoms with Crippen LogP contribution < -0.4 is 10.1 Å². The number of esters is 1. The molecule has 0 aromatic heterocycles. The van der Waals surface area contributed by atoms with Crippen molar-refractivity contribution in [2.24, 2.45) is 0 Å². The number of carbonyl (C=O) groups excluding carboxylic acids is 3. The third-order valence-electron chi connectivity index (χ3n) is 5.02. The van der Waals surface area contributed by atoms with Gasteiger partial charge in [-0.05, 0) is 43.9 Å². The van der Waals surface area contributed by atoms with Crippen molar-refractivity contribution in [1.29, 1.82) is 0 Å². The van der Waals surface area contributed by atoms with Crippen LogP contribution in [-0.4, -0.2) is 55.5 Å². The Morgan fingerprint density at radius 2 is 1.84 bits per heavy atom. The normalized spacial score (nSPS) is 22.6. The second-order valence-electron chi connectivity index (χ2n) is 6.39. The third-order valence-corrected chi connectivity index (χ3v) is 5.02. The van der Waals surface area contributed by atoms with E-state index in [0.29, 0.717) is 37.2 Å². The van der Waals surface area contributed by atoms with Crippen LogP contribution >= 0.6 is 0 Å². The standard InChI is InChI=1S/C18H22N2O5/c1-24-14-10-12(9-13(11-14)16(22)25-2)15(21)20-8-4-6-18(20)5-3-7-19-17(18)23/h9-11H,3-8H2,1-2H3,(H,19,23). The van der Waals surface area contributed by atoms with Gasteiger partial charge in [0.15, 0.2) is 0 Å². The molecule has 0 bridgehead atoms. The maximum Gasteiger partial charge on any atom is 0.338 e. The second kappa shape index (κ2) is 6.74. The highest BCUT2D eigenvalue weighted by atomic mass is 16.5. The Morgan fingerprint density at radius 3 is 2.52 bits per heavy atom. The largest absolute Gasteiger partial charge is 0.497 e. The van der Waals surface area contributed by atoms with Gasteiger partial charge < -0.3 is 19.7 Å². The van der Waals surface area contributed by atoms with Crippen molar-refractivity contribution in [2.45, 2.75) is 31.2 Å². The van der Waals surface area contributed by atoms with Crippen molar-refractivity contribution < 1.29 is 23.9 Å². The number of rotatable bonds is 3. The van der Waals surface area contributed by atoms with E-state index in [1.165, 1.54) is 26.4 Å². The summed E-state index contributed by atoms with van der Waals surface area (Å²) in [6, 6.07) is 4.60. The zero-order valence-corrected chi connectivity index (χ0v) is 14.5. The molecule has 0 radical (unpaired) electrons. The number of piperidine rings is 1. The summed E-state index contributed by atoms with van der Waals surface area (Å²) in [6.45, 7) is 1.17. The molecule has 134 valence electrons. The number of hydrogen-bond donors (Lipinski definition) is 1. The Bertz CT molecular complexity index is 717. The molecule has 1 spiro atoms. The average Bonchev–Trinajstić information content (AvgIpc) is 3.06.